The van der Waals surface area contributed by atoms with Crippen molar-refractivity contribution in [3.63, 3.8) is 0 Å². The van der Waals surface area contributed by atoms with E-state index < -0.39 is 0 Å². The van der Waals surface area contributed by atoms with Crippen LogP contribution in [0.2, 0.25) is 5.02 Å². The van der Waals surface area contributed by atoms with Crippen molar-refractivity contribution < 1.29 is 0 Å². The molecule has 0 amide bonds. The molecule has 0 saturated carbocycles. The number of hydrogen-bond acceptors (Lipinski definition) is 3. The fourth-order valence-corrected chi connectivity index (χ4v) is 3.28. The topological polar surface area (TPSA) is 32.5 Å². The van der Waals surface area contributed by atoms with Gasteiger partial charge in [-0.05, 0) is 57.0 Å². The minimum absolute atomic E-state index is 0.215. The normalized spacial score (nSPS) is 21.3. The van der Waals surface area contributed by atoms with Crippen LogP contribution in [0, 0.1) is 0 Å². The number of likely N-dealkylation sites (N-methyl/N-ethyl adjacent to an activating group) is 2. The molecule has 2 rings (SSSR count). The summed E-state index contributed by atoms with van der Waals surface area (Å²) in [5, 5.41) is 0.801. The smallest absolute Gasteiger partial charge is 0.0426 e. The van der Waals surface area contributed by atoms with Crippen LogP contribution in [-0.2, 0) is 6.42 Å². The molecule has 0 aliphatic carbocycles. The zero-order valence-corrected chi connectivity index (χ0v) is 14.2. The molecule has 1 aromatic carbocycles. The lowest BCUT2D eigenvalue weighted by molar-refractivity contribution is 0.248. The number of nitrogens with zero attached hydrogens (tertiary/aromatic N) is 2. The molecule has 1 aromatic rings. The van der Waals surface area contributed by atoms with Crippen LogP contribution in [0.1, 0.15) is 31.7 Å². The van der Waals surface area contributed by atoms with Gasteiger partial charge in [0.1, 0.15) is 0 Å². The van der Waals surface area contributed by atoms with E-state index in [-0.39, 0.29) is 6.04 Å². The SMILES string of the molecule is CCC(N)Cc1ccc(Cl)cc1N(C)C1CCCN(C)C1. The van der Waals surface area contributed by atoms with E-state index in [1.165, 1.54) is 30.6 Å². The molecule has 1 aliphatic rings. The Morgan fingerprint density at radius 3 is 2.90 bits per heavy atom. The van der Waals surface area contributed by atoms with Gasteiger partial charge in [-0.3, -0.25) is 0 Å². The van der Waals surface area contributed by atoms with Crippen LogP contribution < -0.4 is 10.6 Å². The molecule has 3 nitrogen and oxygen atoms in total. The number of rotatable bonds is 5. The molecule has 1 fully saturated rings. The summed E-state index contributed by atoms with van der Waals surface area (Å²) in [5.74, 6) is 0. The molecule has 1 heterocycles. The number of benzene rings is 1. The standard InChI is InChI=1S/C17H28ClN3/c1-4-15(19)10-13-7-8-14(18)11-17(13)21(3)16-6-5-9-20(2)12-16/h7-8,11,15-16H,4-6,9-10,12,19H2,1-3H3. The maximum absolute atomic E-state index is 6.23. The van der Waals surface area contributed by atoms with Crippen molar-refractivity contribution in [3.8, 4) is 0 Å². The van der Waals surface area contributed by atoms with Crippen LogP contribution in [0.4, 0.5) is 5.69 Å². The summed E-state index contributed by atoms with van der Waals surface area (Å²) in [6.45, 7) is 4.45. The van der Waals surface area contributed by atoms with E-state index in [0.717, 1.165) is 24.4 Å². The van der Waals surface area contributed by atoms with E-state index in [1.807, 2.05) is 6.07 Å². The minimum Gasteiger partial charge on any atom is -0.370 e. The highest BCUT2D eigenvalue weighted by molar-refractivity contribution is 6.30. The number of likely N-dealkylation sites (tertiary alicyclic amines) is 1. The molecular weight excluding hydrogens is 282 g/mol. The molecule has 0 bridgehead atoms. The van der Waals surface area contributed by atoms with Gasteiger partial charge in [0.15, 0.2) is 0 Å². The molecule has 0 radical (unpaired) electrons. The van der Waals surface area contributed by atoms with Crippen molar-refractivity contribution in [2.24, 2.45) is 5.73 Å². The monoisotopic (exact) mass is 309 g/mol. The average molecular weight is 310 g/mol. The lowest BCUT2D eigenvalue weighted by Crippen LogP contribution is -2.45. The van der Waals surface area contributed by atoms with E-state index in [1.54, 1.807) is 0 Å². The summed E-state index contributed by atoms with van der Waals surface area (Å²) in [5.41, 5.74) is 8.70. The zero-order valence-electron chi connectivity index (χ0n) is 13.5. The molecule has 0 spiro atoms. The highest BCUT2D eigenvalue weighted by atomic mass is 35.5. The Kier molecular flexibility index (Phi) is 5.91. The molecule has 1 saturated heterocycles. The van der Waals surface area contributed by atoms with E-state index in [9.17, 15) is 0 Å². The van der Waals surface area contributed by atoms with Gasteiger partial charge in [0.05, 0.1) is 0 Å². The lowest BCUT2D eigenvalue weighted by Gasteiger charge is -2.38. The summed E-state index contributed by atoms with van der Waals surface area (Å²) in [6.07, 6.45) is 4.41. The Bertz CT molecular complexity index is 463. The summed E-state index contributed by atoms with van der Waals surface area (Å²) >= 11 is 6.23. The van der Waals surface area contributed by atoms with Gasteiger partial charge < -0.3 is 15.5 Å². The van der Waals surface area contributed by atoms with E-state index in [0.29, 0.717) is 6.04 Å². The minimum atomic E-state index is 0.215. The largest absolute Gasteiger partial charge is 0.370 e. The first-order chi connectivity index (χ1) is 10.0. The third-order valence-corrected chi connectivity index (χ3v) is 4.82. The van der Waals surface area contributed by atoms with Gasteiger partial charge in [0, 0.05) is 36.4 Å². The van der Waals surface area contributed by atoms with E-state index in [4.69, 9.17) is 17.3 Å². The number of hydrogen-bond donors (Lipinski definition) is 1. The predicted octanol–water partition coefficient (Wildman–Crippen LogP) is 3.15. The van der Waals surface area contributed by atoms with Crippen molar-refractivity contribution in [2.45, 2.75) is 44.7 Å². The molecule has 2 unspecified atom stereocenters. The van der Waals surface area contributed by atoms with Crippen molar-refractivity contribution in [2.75, 3.05) is 32.1 Å². The molecule has 2 N–H and O–H groups in total. The molecule has 4 heteroatoms. The summed E-state index contributed by atoms with van der Waals surface area (Å²) in [7, 11) is 4.39. The van der Waals surface area contributed by atoms with Gasteiger partial charge >= 0.3 is 0 Å². The maximum Gasteiger partial charge on any atom is 0.0426 e. The fourth-order valence-electron chi connectivity index (χ4n) is 3.12. The first-order valence-electron chi connectivity index (χ1n) is 7.96. The predicted molar refractivity (Wildman–Crippen MR) is 92.3 cm³/mol. The average Bonchev–Trinajstić information content (AvgIpc) is 2.48. The molecular formula is C17H28ClN3. The second kappa shape index (κ2) is 7.48. The first kappa shape index (κ1) is 16.6. The number of halogens is 1. The van der Waals surface area contributed by atoms with Gasteiger partial charge in [0.25, 0.3) is 0 Å². The van der Waals surface area contributed by atoms with Crippen molar-refractivity contribution in [3.05, 3.63) is 28.8 Å². The van der Waals surface area contributed by atoms with Gasteiger partial charge in [-0.25, -0.2) is 0 Å². The summed E-state index contributed by atoms with van der Waals surface area (Å²) < 4.78 is 0. The van der Waals surface area contributed by atoms with E-state index >= 15 is 0 Å². The molecule has 118 valence electrons. The maximum atomic E-state index is 6.23. The van der Waals surface area contributed by atoms with Crippen LogP contribution >= 0.6 is 11.6 Å². The first-order valence-corrected chi connectivity index (χ1v) is 8.34. The van der Waals surface area contributed by atoms with Crippen LogP contribution in [0.15, 0.2) is 18.2 Å². The Labute approximate surface area is 134 Å². The third kappa shape index (κ3) is 4.35. The van der Waals surface area contributed by atoms with Crippen LogP contribution in [0.5, 0.6) is 0 Å². The molecule has 2 atom stereocenters. The second-order valence-electron chi connectivity index (χ2n) is 6.31. The summed E-state index contributed by atoms with van der Waals surface area (Å²) in [6, 6.07) is 6.97. The van der Waals surface area contributed by atoms with Crippen molar-refractivity contribution in [1.82, 2.24) is 4.90 Å². The van der Waals surface area contributed by atoms with Crippen LogP contribution in [0.25, 0.3) is 0 Å². The van der Waals surface area contributed by atoms with E-state index in [2.05, 4.69) is 43.0 Å². The van der Waals surface area contributed by atoms with Crippen molar-refractivity contribution >= 4 is 17.3 Å². The van der Waals surface area contributed by atoms with Crippen LogP contribution in [-0.4, -0.2) is 44.2 Å². The van der Waals surface area contributed by atoms with Crippen molar-refractivity contribution in [1.29, 1.82) is 0 Å². The van der Waals surface area contributed by atoms with Crippen LogP contribution in [0.3, 0.4) is 0 Å². The second-order valence-corrected chi connectivity index (χ2v) is 6.75. The highest BCUT2D eigenvalue weighted by Gasteiger charge is 2.23. The zero-order chi connectivity index (χ0) is 15.4. The van der Waals surface area contributed by atoms with Gasteiger partial charge in [0.2, 0.25) is 0 Å². The van der Waals surface area contributed by atoms with Gasteiger partial charge in [-0.2, -0.15) is 0 Å². The Morgan fingerprint density at radius 2 is 2.24 bits per heavy atom. The Morgan fingerprint density at radius 1 is 1.48 bits per heavy atom. The number of piperidine rings is 1. The number of nitrogens with two attached hydrogens (primary N) is 1. The molecule has 21 heavy (non-hydrogen) atoms. The molecule has 1 aliphatic heterocycles. The number of anilines is 1. The van der Waals surface area contributed by atoms with Gasteiger partial charge in [-0.1, -0.05) is 24.6 Å². The third-order valence-electron chi connectivity index (χ3n) is 4.58. The quantitative estimate of drug-likeness (QED) is 0.907. The lowest BCUT2D eigenvalue weighted by atomic mass is 9.99. The summed E-state index contributed by atoms with van der Waals surface area (Å²) in [4.78, 5) is 4.81. The van der Waals surface area contributed by atoms with Gasteiger partial charge in [-0.15, -0.1) is 0 Å². The Balaban J connectivity index is 2.21. The Hall–Kier alpha value is -0.770. The fraction of sp³-hybridized carbons (Fsp3) is 0.647. The molecule has 0 aromatic heterocycles. The highest BCUT2D eigenvalue weighted by Crippen LogP contribution is 2.29.